The number of amides is 1. The normalized spacial score (nSPS) is 18.4. The monoisotopic (exact) mass is 307 g/mol. The van der Waals surface area contributed by atoms with Crippen LogP contribution in [0.2, 0.25) is 0 Å². The van der Waals surface area contributed by atoms with Crippen LogP contribution in [-0.4, -0.2) is 75.7 Å². The van der Waals surface area contributed by atoms with Crippen molar-refractivity contribution in [2.24, 2.45) is 7.05 Å². The first kappa shape index (κ1) is 17.0. The molecule has 2 rings (SSSR count). The molecule has 6 nitrogen and oxygen atoms in total. The lowest BCUT2D eigenvalue weighted by Crippen LogP contribution is -2.54. The highest BCUT2D eigenvalue weighted by Gasteiger charge is 2.27. The van der Waals surface area contributed by atoms with Crippen LogP contribution in [0.15, 0.2) is 12.3 Å². The molecule has 1 amide bonds. The summed E-state index contributed by atoms with van der Waals surface area (Å²) < 4.78 is 1.93. The van der Waals surface area contributed by atoms with Crippen LogP contribution in [0.5, 0.6) is 0 Å². The number of carbonyl (C=O) groups excluding carboxylic acids is 1. The number of rotatable bonds is 6. The molecule has 1 aliphatic heterocycles. The van der Waals surface area contributed by atoms with Gasteiger partial charge < -0.3 is 4.90 Å². The molecule has 0 radical (unpaired) electrons. The lowest BCUT2D eigenvalue weighted by molar-refractivity contribution is -0.136. The van der Waals surface area contributed by atoms with Gasteiger partial charge in [0.15, 0.2) is 0 Å². The van der Waals surface area contributed by atoms with Crippen LogP contribution in [0.25, 0.3) is 0 Å². The number of aryl methyl sites for hydroxylation is 1. The second-order valence-electron chi connectivity index (χ2n) is 5.94. The average Bonchev–Trinajstić information content (AvgIpc) is 2.93. The maximum absolute atomic E-state index is 12.4. The van der Waals surface area contributed by atoms with Crippen molar-refractivity contribution in [3.8, 4) is 0 Å². The summed E-state index contributed by atoms with van der Waals surface area (Å²) in [5.74, 6) is 0.255. The molecule has 0 saturated carbocycles. The molecule has 0 N–H and O–H groups in total. The zero-order chi connectivity index (χ0) is 16.1. The summed E-state index contributed by atoms with van der Waals surface area (Å²) in [7, 11) is 1.98. The fourth-order valence-electron chi connectivity index (χ4n) is 3.05. The topological polar surface area (TPSA) is 44.6 Å². The van der Waals surface area contributed by atoms with Crippen LogP contribution in [0.1, 0.15) is 26.5 Å². The van der Waals surface area contributed by atoms with Crippen molar-refractivity contribution in [1.29, 1.82) is 0 Å². The SMILES string of the molecule is CCN(CC)C(=O)C(C)N1CCN(Cc2ccnn2C)CC1. The summed E-state index contributed by atoms with van der Waals surface area (Å²) in [6.45, 7) is 12.5. The fourth-order valence-corrected chi connectivity index (χ4v) is 3.05. The smallest absolute Gasteiger partial charge is 0.239 e. The number of piperazine rings is 1. The minimum atomic E-state index is -0.0150. The van der Waals surface area contributed by atoms with Crippen LogP contribution in [0.4, 0.5) is 0 Å². The molecule has 1 aliphatic rings. The van der Waals surface area contributed by atoms with E-state index >= 15 is 0 Å². The van der Waals surface area contributed by atoms with Gasteiger partial charge >= 0.3 is 0 Å². The molecule has 0 aromatic carbocycles. The Bertz CT molecular complexity index is 475. The number of hydrogen-bond donors (Lipinski definition) is 0. The van der Waals surface area contributed by atoms with Gasteiger partial charge in [-0.3, -0.25) is 19.3 Å². The van der Waals surface area contributed by atoms with Crippen molar-refractivity contribution < 1.29 is 4.79 Å². The Morgan fingerprint density at radius 2 is 1.91 bits per heavy atom. The molecular formula is C16H29N5O. The van der Waals surface area contributed by atoms with E-state index in [9.17, 15) is 4.79 Å². The lowest BCUT2D eigenvalue weighted by atomic mass is 10.2. The Labute approximate surface area is 133 Å². The standard InChI is InChI=1S/C16H29N5O/c1-5-20(6-2)16(22)14(3)21-11-9-19(10-12-21)13-15-7-8-17-18(15)4/h7-8,14H,5-6,9-13H2,1-4H3. The molecule has 0 aliphatic carbocycles. The van der Waals surface area contributed by atoms with Gasteiger partial charge in [-0.15, -0.1) is 0 Å². The van der Waals surface area contributed by atoms with Crippen LogP contribution in [0, 0.1) is 0 Å². The summed E-state index contributed by atoms with van der Waals surface area (Å²) in [5, 5.41) is 4.22. The molecule has 2 heterocycles. The number of nitrogens with zero attached hydrogens (tertiary/aromatic N) is 5. The number of hydrogen-bond acceptors (Lipinski definition) is 4. The van der Waals surface area contributed by atoms with Crippen molar-refractivity contribution >= 4 is 5.91 Å². The third-order valence-electron chi connectivity index (χ3n) is 4.70. The van der Waals surface area contributed by atoms with Gasteiger partial charge in [0.05, 0.1) is 11.7 Å². The fraction of sp³-hybridized carbons (Fsp3) is 0.750. The molecule has 0 bridgehead atoms. The largest absolute Gasteiger partial charge is 0.342 e. The molecule has 1 aromatic rings. The highest BCUT2D eigenvalue weighted by Crippen LogP contribution is 2.11. The first-order valence-corrected chi connectivity index (χ1v) is 8.28. The molecule has 1 atom stereocenters. The highest BCUT2D eigenvalue weighted by atomic mass is 16.2. The Kier molecular flexibility index (Phi) is 5.97. The van der Waals surface area contributed by atoms with Gasteiger partial charge in [-0.05, 0) is 26.8 Å². The number of aromatic nitrogens is 2. The predicted octanol–water partition coefficient (Wildman–Crippen LogP) is 0.795. The van der Waals surface area contributed by atoms with E-state index < -0.39 is 0 Å². The first-order chi connectivity index (χ1) is 10.6. The summed E-state index contributed by atoms with van der Waals surface area (Å²) in [4.78, 5) is 19.1. The second-order valence-corrected chi connectivity index (χ2v) is 5.94. The number of carbonyl (C=O) groups is 1. The molecule has 1 saturated heterocycles. The molecule has 1 fully saturated rings. The van der Waals surface area contributed by atoms with Gasteiger partial charge in [-0.25, -0.2) is 0 Å². The maximum atomic E-state index is 12.4. The van der Waals surface area contributed by atoms with E-state index in [1.807, 2.05) is 43.6 Å². The van der Waals surface area contributed by atoms with Crippen LogP contribution in [-0.2, 0) is 18.4 Å². The van der Waals surface area contributed by atoms with Crippen LogP contribution >= 0.6 is 0 Å². The molecule has 0 spiro atoms. The van der Waals surface area contributed by atoms with E-state index in [2.05, 4.69) is 21.0 Å². The van der Waals surface area contributed by atoms with E-state index in [1.165, 1.54) is 5.69 Å². The summed E-state index contributed by atoms with van der Waals surface area (Å²) in [5.41, 5.74) is 1.24. The van der Waals surface area contributed by atoms with Crippen molar-refractivity contribution in [3.05, 3.63) is 18.0 Å². The zero-order valence-corrected chi connectivity index (χ0v) is 14.3. The van der Waals surface area contributed by atoms with Gasteiger partial charge in [0.1, 0.15) is 0 Å². The molecule has 1 unspecified atom stereocenters. The van der Waals surface area contributed by atoms with Gasteiger partial charge in [0.2, 0.25) is 5.91 Å². The Balaban J connectivity index is 1.84. The van der Waals surface area contributed by atoms with Gasteiger partial charge in [-0.1, -0.05) is 0 Å². The molecule has 6 heteroatoms. The zero-order valence-electron chi connectivity index (χ0n) is 14.3. The minimum Gasteiger partial charge on any atom is -0.342 e. The molecule has 124 valence electrons. The Hall–Kier alpha value is -1.40. The molecular weight excluding hydrogens is 278 g/mol. The average molecular weight is 307 g/mol. The summed E-state index contributed by atoms with van der Waals surface area (Å²) in [6, 6.07) is 2.05. The molecule has 1 aromatic heterocycles. The Morgan fingerprint density at radius 3 is 2.41 bits per heavy atom. The van der Waals surface area contributed by atoms with Gasteiger partial charge in [0.25, 0.3) is 0 Å². The third kappa shape index (κ3) is 3.87. The lowest BCUT2D eigenvalue weighted by Gasteiger charge is -2.38. The van der Waals surface area contributed by atoms with Crippen molar-refractivity contribution in [1.82, 2.24) is 24.5 Å². The first-order valence-electron chi connectivity index (χ1n) is 8.28. The third-order valence-corrected chi connectivity index (χ3v) is 4.70. The Morgan fingerprint density at radius 1 is 1.27 bits per heavy atom. The predicted molar refractivity (Wildman–Crippen MR) is 87.4 cm³/mol. The van der Waals surface area contributed by atoms with Crippen molar-refractivity contribution in [2.45, 2.75) is 33.4 Å². The summed E-state index contributed by atoms with van der Waals surface area (Å²) in [6.07, 6.45) is 1.84. The van der Waals surface area contributed by atoms with Crippen molar-refractivity contribution in [3.63, 3.8) is 0 Å². The van der Waals surface area contributed by atoms with Gasteiger partial charge in [-0.2, -0.15) is 5.10 Å². The second kappa shape index (κ2) is 7.74. The molecule has 22 heavy (non-hydrogen) atoms. The van der Waals surface area contributed by atoms with Crippen LogP contribution < -0.4 is 0 Å². The minimum absolute atomic E-state index is 0.0150. The van der Waals surface area contributed by atoms with E-state index in [-0.39, 0.29) is 11.9 Å². The van der Waals surface area contributed by atoms with Crippen molar-refractivity contribution in [2.75, 3.05) is 39.3 Å². The number of likely N-dealkylation sites (N-methyl/N-ethyl adjacent to an activating group) is 1. The quantitative estimate of drug-likeness (QED) is 0.780. The van der Waals surface area contributed by atoms with E-state index in [4.69, 9.17) is 0 Å². The van der Waals surface area contributed by atoms with Gasteiger partial charge in [0, 0.05) is 59.1 Å². The van der Waals surface area contributed by atoms with E-state index in [1.54, 1.807) is 0 Å². The van der Waals surface area contributed by atoms with E-state index in [0.29, 0.717) is 0 Å². The summed E-state index contributed by atoms with van der Waals surface area (Å²) >= 11 is 0. The highest BCUT2D eigenvalue weighted by molar-refractivity contribution is 5.81. The van der Waals surface area contributed by atoms with Crippen LogP contribution in [0.3, 0.4) is 0 Å². The maximum Gasteiger partial charge on any atom is 0.239 e. The van der Waals surface area contributed by atoms with E-state index in [0.717, 1.165) is 45.8 Å².